The third-order valence-corrected chi connectivity index (χ3v) is 4.48. The van der Waals surface area contributed by atoms with Crippen LogP contribution in [0, 0.1) is 0 Å². The highest BCUT2D eigenvalue weighted by atomic mass is 35.5. The average molecular weight is 319 g/mol. The maximum absolute atomic E-state index is 6.46. The molecule has 0 bridgehead atoms. The maximum Gasteiger partial charge on any atom is 0.0499 e. The first-order valence-electron chi connectivity index (χ1n) is 8.01. The molecule has 0 atom stereocenters. The third-order valence-electron chi connectivity index (χ3n) is 4.17. The number of nitrogens with zero attached hydrogens (tertiary/aromatic N) is 1. The highest BCUT2D eigenvalue weighted by Gasteiger charge is 2.20. The molecule has 2 aliphatic rings. The van der Waals surface area contributed by atoms with Gasteiger partial charge in [-0.05, 0) is 54.9 Å². The highest BCUT2D eigenvalue weighted by Crippen LogP contribution is 2.27. The summed E-state index contributed by atoms with van der Waals surface area (Å²) in [4.78, 5) is 4.42. The second-order valence-corrected chi connectivity index (χ2v) is 6.55. The summed E-state index contributed by atoms with van der Waals surface area (Å²) < 4.78 is 5.14. The van der Waals surface area contributed by atoms with Crippen LogP contribution in [0.15, 0.2) is 28.9 Å². The monoisotopic (exact) mass is 318 g/mol. The van der Waals surface area contributed by atoms with Crippen molar-refractivity contribution in [2.75, 3.05) is 13.7 Å². The van der Waals surface area contributed by atoms with Gasteiger partial charge in [0.05, 0.1) is 0 Å². The zero-order valence-electron chi connectivity index (χ0n) is 13.1. The Bertz CT molecular complexity index is 591. The molecule has 0 amide bonds. The zero-order chi connectivity index (χ0) is 15.4. The standard InChI is InChI=1S/C18H23ClN2O/c1-22-6-2-3-13-7-15-8-14(11-21-16-4-5-16)9-18(19)17(15)12-20-10-13/h8-10,12,16,21H,2-7,11H2,1H3. The van der Waals surface area contributed by atoms with E-state index in [4.69, 9.17) is 16.3 Å². The Hall–Kier alpha value is -1.16. The minimum Gasteiger partial charge on any atom is -0.385 e. The second kappa shape index (κ2) is 7.40. The molecule has 0 radical (unpaired) electrons. The van der Waals surface area contributed by atoms with Crippen molar-refractivity contribution in [3.63, 3.8) is 0 Å². The molecule has 118 valence electrons. The maximum atomic E-state index is 6.46. The molecule has 0 spiro atoms. The Labute approximate surface area is 137 Å². The van der Waals surface area contributed by atoms with Crippen LogP contribution in [0.3, 0.4) is 0 Å². The summed E-state index contributed by atoms with van der Waals surface area (Å²) in [6.45, 7) is 1.69. The zero-order valence-corrected chi connectivity index (χ0v) is 13.8. The van der Waals surface area contributed by atoms with Crippen molar-refractivity contribution < 1.29 is 4.74 Å². The molecule has 0 saturated heterocycles. The van der Waals surface area contributed by atoms with Gasteiger partial charge in [0, 0.05) is 49.3 Å². The van der Waals surface area contributed by atoms with Gasteiger partial charge in [-0.3, -0.25) is 4.99 Å². The van der Waals surface area contributed by atoms with Crippen LogP contribution in [-0.4, -0.2) is 26.0 Å². The number of rotatable bonds is 7. The van der Waals surface area contributed by atoms with Gasteiger partial charge in [-0.1, -0.05) is 17.7 Å². The van der Waals surface area contributed by atoms with Crippen LogP contribution in [0.5, 0.6) is 0 Å². The van der Waals surface area contributed by atoms with Gasteiger partial charge in [-0.15, -0.1) is 0 Å². The minimum atomic E-state index is 0.712. The Morgan fingerprint density at radius 2 is 2.23 bits per heavy atom. The number of benzene rings is 1. The molecule has 0 aromatic heterocycles. The van der Waals surface area contributed by atoms with Crippen molar-refractivity contribution in [3.8, 4) is 0 Å². The van der Waals surface area contributed by atoms with E-state index in [1.54, 1.807) is 7.11 Å². The molecule has 0 unspecified atom stereocenters. The fourth-order valence-electron chi connectivity index (χ4n) is 2.78. The predicted molar refractivity (Wildman–Crippen MR) is 91.8 cm³/mol. The van der Waals surface area contributed by atoms with Crippen LogP contribution < -0.4 is 5.32 Å². The van der Waals surface area contributed by atoms with Crippen LogP contribution in [0.1, 0.15) is 42.4 Å². The largest absolute Gasteiger partial charge is 0.385 e. The Kier molecular flexibility index (Phi) is 5.29. The molecular formula is C18H23ClN2O. The van der Waals surface area contributed by atoms with Crippen molar-refractivity contribution in [2.45, 2.75) is 44.7 Å². The van der Waals surface area contributed by atoms with Crippen LogP contribution in [0.2, 0.25) is 5.02 Å². The van der Waals surface area contributed by atoms with E-state index >= 15 is 0 Å². The lowest BCUT2D eigenvalue weighted by Crippen LogP contribution is -2.15. The summed E-state index contributed by atoms with van der Waals surface area (Å²) in [5.41, 5.74) is 4.96. The number of ether oxygens (including phenoxy) is 1. The number of halogens is 1. The number of methoxy groups -OCH3 is 1. The van der Waals surface area contributed by atoms with E-state index < -0.39 is 0 Å². The van der Waals surface area contributed by atoms with E-state index in [9.17, 15) is 0 Å². The molecule has 1 N–H and O–H groups in total. The molecule has 4 heteroatoms. The number of hydrogen-bond acceptors (Lipinski definition) is 3. The first kappa shape index (κ1) is 15.7. The van der Waals surface area contributed by atoms with Crippen molar-refractivity contribution in [2.24, 2.45) is 4.99 Å². The van der Waals surface area contributed by atoms with E-state index in [1.165, 1.54) is 29.5 Å². The lowest BCUT2D eigenvalue weighted by atomic mass is 9.96. The Morgan fingerprint density at radius 3 is 3.00 bits per heavy atom. The van der Waals surface area contributed by atoms with Gasteiger partial charge in [0.15, 0.2) is 0 Å². The number of hydrogen-bond donors (Lipinski definition) is 1. The summed E-state index contributed by atoms with van der Waals surface area (Å²) in [6.07, 6.45) is 9.45. The SMILES string of the molecule is COCCCC1=CN=Cc2c(Cl)cc(CNC3CC3)cc2C1. The number of aliphatic imine (C=N–C) groups is 1. The van der Waals surface area contributed by atoms with Gasteiger partial charge < -0.3 is 10.1 Å². The molecule has 1 saturated carbocycles. The Morgan fingerprint density at radius 1 is 1.36 bits per heavy atom. The van der Waals surface area contributed by atoms with Gasteiger partial charge in [-0.25, -0.2) is 0 Å². The molecule has 1 aliphatic carbocycles. The molecule has 1 fully saturated rings. The van der Waals surface area contributed by atoms with Crippen molar-refractivity contribution in [1.29, 1.82) is 0 Å². The van der Waals surface area contributed by atoms with Gasteiger partial charge in [0.1, 0.15) is 0 Å². The lowest BCUT2D eigenvalue weighted by molar-refractivity contribution is 0.195. The van der Waals surface area contributed by atoms with Crippen molar-refractivity contribution >= 4 is 17.8 Å². The van der Waals surface area contributed by atoms with E-state index in [2.05, 4.69) is 22.4 Å². The van der Waals surface area contributed by atoms with Gasteiger partial charge in [-0.2, -0.15) is 0 Å². The fraction of sp³-hybridized carbons (Fsp3) is 0.500. The molecule has 3 nitrogen and oxygen atoms in total. The summed E-state index contributed by atoms with van der Waals surface area (Å²) >= 11 is 6.46. The normalized spacial score (nSPS) is 17.1. The first-order chi connectivity index (χ1) is 10.8. The fourth-order valence-corrected chi connectivity index (χ4v) is 3.09. The van der Waals surface area contributed by atoms with E-state index in [0.717, 1.165) is 43.0 Å². The van der Waals surface area contributed by atoms with Crippen molar-refractivity contribution in [3.05, 3.63) is 45.6 Å². The van der Waals surface area contributed by atoms with Crippen LogP contribution in [-0.2, 0) is 17.7 Å². The average Bonchev–Trinajstić information content (AvgIpc) is 3.32. The van der Waals surface area contributed by atoms with Crippen LogP contribution >= 0.6 is 11.6 Å². The predicted octanol–water partition coefficient (Wildman–Crippen LogP) is 3.88. The first-order valence-corrected chi connectivity index (χ1v) is 8.39. The molecule has 22 heavy (non-hydrogen) atoms. The van der Waals surface area contributed by atoms with Gasteiger partial charge >= 0.3 is 0 Å². The Balaban J connectivity index is 1.72. The van der Waals surface area contributed by atoms with E-state index in [1.807, 2.05) is 12.4 Å². The number of nitrogens with one attached hydrogen (secondary N) is 1. The van der Waals surface area contributed by atoms with Crippen LogP contribution in [0.25, 0.3) is 0 Å². The molecule has 1 heterocycles. The minimum absolute atomic E-state index is 0.712. The van der Waals surface area contributed by atoms with E-state index in [0.29, 0.717) is 6.04 Å². The van der Waals surface area contributed by atoms with Gasteiger partial charge in [0.2, 0.25) is 0 Å². The molecule has 1 aromatic rings. The lowest BCUT2D eigenvalue weighted by Gasteiger charge is -2.12. The van der Waals surface area contributed by atoms with Gasteiger partial charge in [0.25, 0.3) is 0 Å². The summed E-state index contributed by atoms with van der Waals surface area (Å²) in [5.74, 6) is 0. The quantitative estimate of drug-likeness (QED) is 0.774. The van der Waals surface area contributed by atoms with E-state index in [-0.39, 0.29) is 0 Å². The third kappa shape index (κ3) is 4.19. The molecule has 1 aromatic carbocycles. The number of allylic oxidation sites excluding steroid dienone is 1. The smallest absolute Gasteiger partial charge is 0.0499 e. The summed E-state index contributed by atoms with van der Waals surface area (Å²) in [5, 5.41) is 4.36. The van der Waals surface area contributed by atoms with Crippen LogP contribution in [0.4, 0.5) is 0 Å². The van der Waals surface area contributed by atoms with Crippen molar-refractivity contribution in [1.82, 2.24) is 5.32 Å². The molecular weight excluding hydrogens is 296 g/mol. The molecule has 1 aliphatic heterocycles. The molecule has 3 rings (SSSR count). The highest BCUT2D eigenvalue weighted by molar-refractivity contribution is 6.33. The summed E-state index contributed by atoms with van der Waals surface area (Å²) in [6, 6.07) is 5.05. The second-order valence-electron chi connectivity index (χ2n) is 6.14. The summed E-state index contributed by atoms with van der Waals surface area (Å²) in [7, 11) is 1.74. The number of fused-ring (bicyclic) bond motifs is 1. The topological polar surface area (TPSA) is 33.6 Å².